The minimum absolute atomic E-state index is 0.0848. The number of rotatable bonds is 5. The van der Waals surface area contributed by atoms with Gasteiger partial charge in [-0.15, -0.1) is 0 Å². The van der Waals surface area contributed by atoms with E-state index in [2.05, 4.69) is 4.90 Å². The summed E-state index contributed by atoms with van der Waals surface area (Å²) in [6.45, 7) is 4.48. The lowest BCUT2D eigenvalue weighted by Gasteiger charge is -2.26. The average Bonchev–Trinajstić information content (AvgIpc) is 3.13. The molecule has 0 aromatic heterocycles. The first-order chi connectivity index (χ1) is 12.7. The number of carbonyl (C=O) groups is 1. The molecule has 136 valence electrons. The van der Waals surface area contributed by atoms with Gasteiger partial charge in [-0.2, -0.15) is 0 Å². The molecule has 2 aromatic carbocycles. The Hall–Kier alpha value is -2.57. The van der Waals surface area contributed by atoms with E-state index in [0.717, 1.165) is 44.8 Å². The molecule has 0 spiro atoms. The second kappa shape index (κ2) is 7.35. The van der Waals surface area contributed by atoms with Crippen LogP contribution >= 0.6 is 0 Å². The lowest BCUT2D eigenvalue weighted by molar-refractivity contribution is 0.0384. The quantitative estimate of drug-likeness (QED) is 0.655. The maximum absolute atomic E-state index is 13.1. The third-order valence-electron chi connectivity index (χ3n) is 4.85. The van der Waals surface area contributed by atoms with Crippen molar-refractivity contribution in [3.05, 3.63) is 53.1 Å². The molecule has 0 bridgehead atoms. The Labute approximate surface area is 152 Å². The summed E-state index contributed by atoms with van der Waals surface area (Å²) in [6, 6.07) is 11.1. The molecule has 2 aliphatic heterocycles. The summed E-state index contributed by atoms with van der Waals surface area (Å²) in [6.07, 6.45) is 0.812. The lowest BCUT2D eigenvalue weighted by Crippen LogP contribution is -2.37. The molecule has 0 radical (unpaired) electrons. The minimum atomic E-state index is -0.0848. The number of ether oxygens (including phenoxy) is 3. The highest BCUT2D eigenvalue weighted by atomic mass is 16.7. The second-order valence-corrected chi connectivity index (χ2v) is 6.48. The largest absolute Gasteiger partial charge is 0.454 e. The number of carbonyl (C=O) groups excluding carboxylic acids is 1. The van der Waals surface area contributed by atoms with Gasteiger partial charge in [0.25, 0.3) is 0 Å². The predicted molar refractivity (Wildman–Crippen MR) is 97.8 cm³/mol. The molecule has 0 atom stereocenters. The molecular weight excluding hydrogens is 332 g/mol. The number of hydrogen-bond donors (Lipinski definition) is 1. The zero-order valence-corrected chi connectivity index (χ0v) is 14.6. The summed E-state index contributed by atoms with van der Waals surface area (Å²) in [5.41, 5.74) is 8.67. The Balaban J connectivity index is 1.56. The number of anilines is 1. The van der Waals surface area contributed by atoms with E-state index in [-0.39, 0.29) is 12.6 Å². The van der Waals surface area contributed by atoms with Crippen LogP contribution in [0.3, 0.4) is 0 Å². The molecule has 2 heterocycles. The lowest BCUT2D eigenvalue weighted by atomic mass is 9.95. The van der Waals surface area contributed by atoms with Crippen LogP contribution in [0.1, 0.15) is 21.5 Å². The van der Waals surface area contributed by atoms with Crippen molar-refractivity contribution >= 4 is 11.5 Å². The van der Waals surface area contributed by atoms with Crippen molar-refractivity contribution in [2.75, 3.05) is 45.4 Å². The molecule has 2 N–H and O–H groups in total. The van der Waals surface area contributed by atoms with Crippen molar-refractivity contribution in [2.45, 2.75) is 6.42 Å². The van der Waals surface area contributed by atoms with Crippen LogP contribution in [0, 0.1) is 0 Å². The van der Waals surface area contributed by atoms with E-state index in [1.807, 2.05) is 24.3 Å². The molecule has 0 unspecified atom stereocenters. The van der Waals surface area contributed by atoms with E-state index in [9.17, 15) is 4.79 Å². The number of nitrogen functional groups attached to an aromatic ring is 1. The Bertz CT molecular complexity index is 815. The molecule has 1 fully saturated rings. The van der Waals surface area contributed by atoms with Crippen LogP contribution in [0.15, 0.2) is 36.4 Å². The van der Waals surface area contributed by atoms with Crippen LogP contribution in [0.2, 0.25) is 0 Å². The summed E-state index contributed by atoms with van der Waals surface area (Å²) in [4.78, 5) is 15.5. The topological polar surface area (TPSA) is 74.0 Å². The van der Waals surface area contributed by atoms with Gasteiger partial charge in [0, 0.05) is 42.5 Å². The van der Waals surface area contributed by atoms with Gasteiger partial charge in [-0.1, -0.05) is 24.3 Å². The van der Waals surface area contributed by atoms with E-state index in [0.29, 0.717) is 28.3 Å². The number of nitrogens with zero attached hydrogens (tertiary/aromatic N) is 1. The number of fused-ring (bicyclic) bond motifs is 1. The Kier molecular flexibility index (Phi) is 4.77. The molecule has 0 aliphatic carbocycles. The summed E-state index contributed by atoms with van der Waals surface area (Å²) in [5.74, 6) is 1.06. The molecule has 0 amide bonds. The van der Waals surface area contributed by atoms with E-state index in [1.165, 1.54) is 0 Å². The number of ketones is 1. The van der Waals surface area contributed by atoms with Gasteiger partial charge >= 0.3 is 0 Å². The normalized spacial score (nSPS) is 16.6. The summed E-state index contributed by atoms with van der Waals surface area (Å²) in [5, 5.41) is 0. The van der Waals surface area contributed by atoms with Crippen molar-refractivity contribution in [2.24, 2.45) is 0 Å². The minimum Gasteiger partial charge on any atom is -0.454 e. The fourth-order valence-corrected chi connectivity index (χ4v) is 3.36. The zero-order valence-electron chi connectivity index (χ0n) is 14.6. The monoisotopic (exact) mass is 354 g/mol. The third-order valence-corrected chi connectivity index (χ3v) is 4.85. The Morgan fingerprint density at radius 3 is 2.58 bits per heavy atom. The molecule has 2 aromatic rings. The van der Waals surface area contributed by atoms with Gasteiger partial charge in [0.1, 0.15) is 0 Å². The smallest absolute Gasteiger partial charge is 0.231 e. The van der Waals surface area contributed by atoms with Crippen LogP contribution in [-0.2, 0) is 11.2 Å². The zero-order chi connectivity index (χ0) is 17.9. The first-order valence-electron chi connectivity index (χ1n) is 8.84. The first kappa shape index (κ1) is 16.9. The van der Waals surface area contributed by atoms with Crippen LogP contribution in [-0.4, -0.2) is 50.3 Å². The Morgan fingerprint density at radius 1 is 1.04 bits per heavy atom. The number of nitrogens with two attached hydrogens (primary N) is 1. The van der Waals surface area contributed by atoms with Crippen LogP contribution < -0.4 is 15.2 Å². The highest BCUT2D eigenvalue weighted by molar-refractivity contribution is 6.13. The fraction of sp³-hybridized carbons (Fsp3) is 0.350. The van der Waals surface area contributed by atoms with Crippen molar-refractivity contribution in [1.29, 1.82) is 0 Å². The van der Waals surface area contributed by atoms with Gasteiger partial charge in [0.2, 0.25) is 6.79 Å². The van der Waals surface area contributed by atoms with Crippen molar-refractivity contribution in [3.63, 3.8) is 0 Å². The molecule has 1 saturated heterocycles. The highest BCUT2D eigenvalue weighted by Crippen LogP contribution is 2.36. The van der Waals surface area contributed by atoms with Crippen molar-refractivity contribution < 1.29 is 19.0 Å². The molecule has 26 heavy (non-hydrogen) atoms. The maximum Gasteiger partial charge on any atom is 0.231 e. The number of morpholine rings is 1. The molecule has 6 nitrogen and oxygen atoms in total. The SMILES string of the molecule is Nc1cc2c(cc1C(=O)c1ccccc1CCN1CCOCC1)OCO2. The van der Waals surface area contributed by atoms with Gasteiger partial charge in [-0.25, -0.2) is 0 Å². The fourth-order valence-electron chi connectivity index (χ4n) is 3.36. The number of benzene rings is 2. The molecule has 0 saturated carbocycles. The standard InChI is InChI=1S/C20H22N2O4/c21-17-12-19-18(25-13-26-19)11-16(17)20(23)15-4-2-1-3-14(15)5-6-22-7-9-24-10-8-22/h1-4,11-12H,5-10,13,21H2. The molecule has 4 rings (SSSR count). The van der Waals surface area contributed by atoms with E-state index < -0.39 is 0 Å². The van der Waals surface area contributed by atoms with E-state index >= 15 is 0 Å². The van der Waals surface area contributed by atoms with Crippen LogP contribution in [0.5, 0.6) is 11.5 Å². The van der Waals surface area contributed by atoms with Gasteiger partial charge < -0.3 is 19.9 Å². The van der Waals surface area contributed by atoms with Crippen molar-refractivity contribution in [1.82, 2.24) is 4.90 Å². The average molecular weight is 354 g/mol. The molecule has 6 heteroatoms. The van der Waals surface area contributed by atoms with Gasteiger partial charge in [-0.3, -0.25) is 9.69 Å². The maximum atomic E-state index is 13.1. The van der Waals surface area contributed by atoms with Crippen LogP contribution in [0.25, 0.3) is 0 Å². The summed E-state index contributed by atoms with van der Waals surface area (Å²) < 4.78 is 16.1. The van der Waals surface area contributed by atoms with Crippen LogP contribution in [0.4, 0.5) is 5.69 Å². The summed E-state index contributed by atoms with van der Waals surface area (Å²) >= 11 is 0. The molecular formula is C20H22N2O4. The number of hydrogen-bond acceptors (Lipinski definition) is 6. The first-order valence-corrected chi connectivity index (χ1v) is 8.84. The highest BCUT2D eigenvalue weighted by Gasteiger charge is 2.22. The van der Waals surface area contributed by atoms with Gasteiger partial charge in [-0.05, 0) is 18.1 Å². The van der Waals surface area contributed by atoms with Gasteiger partial charge in [0.15, 0.2) is 17.3 Å². The predicted octanol–water partition coefficient (Wildman–Crippen LogP) is 2.10. The summed E-state index contributed by atoms with van der Waals surface area (Å²) in [7, 11) is 0. The van der Waals surface area contributed by atoms with Crippen molar-refractivity contribution in [3.8, 4) is 11.5 Å². The van der Waals surface area contributed by atoms with E-state index in [1.54, 1.807) is 12.1 Å². The third kappa shape index (κ3) is 3.38. The van der Waals surface area contributed by atoms with E-state index in [4.69, 9.17) is 19.9 Å². The van der Waals surface area contributed by atoms with Gasteiger partial charge in [0.05, 0.1) is 13.2 Å². The Morgan fingerprint density at radius 2 is 1.77 bits per heavy atom. The molecule has 2 aliphatic rings. The second-order valence-electron chi connectivity index (χ2n) is 6.48.